The van der Waals surface area contributed by atoms with Crippen molar-refractivity contribution in [3.05, 3.63) is 0 Å². The third kappa shape index (κ3) is 2.62. The van der Waals surface area contributed by atoms with Crippen molar-refractivity contribution in [2.45, 2.75) is 52.0 Å². The smallest absolute Gasteiger partial charge is 0.426 e. The number of hydrogen-bond donors (Lipinski definition) is 0. The highest BCUT2D eigenvalue weighted by atomic mass is 19.4. The van der Waals surface area contributed by atoms with E-state index in [1.807, 2.05) is 13.8 Å². The van der Waals surface area contributed by atoms with Crippen LogP contribution in [0.5, 0.6) is 0 Å². The minimum Gasteiger partial charge on any atom is -0.458 e. The zero-order valence-electron chi connectivity index (χ0n) is 12.4. The lowest BCUT2D eigenvalue weighted by Crippen LogP contribution is -2.61. The summed E-state index contributed by atoms with van der Waals surface area (Å²) in [5.41, 5.74) is -0.809. The molecular formula is C14H19F3O4. The van der Waals surface area contributed by atoms with Crippen LogP contribution in [0, 0.1) is 23.7 Å². The van der Waals surface area contributed by atoms with Gasteiger partial charge in [-0.15, -0.1) is 0 Å². The van der Waals surface area contributed by atoms with Crippen molar-refractivity contribution in [1.82, 2.24) is 0 Å². The Morgan fingerprint density at radius 1 is 1.19 bits per heavy atom. The van der Waals surface area contributed by atoms with Crippen LogP contribution in [0.4, 0.5) is 13.2 Å². The fourth-order valence-electron chi connectivity index (χ4n) is 3.59. The van der Waals surface area contributed by atoms with E-state index in [4.69, 9.17) is 4.74 Å². The van der Waals surface area contributed by atoms with E-state index in [2.05, 4.69) is 4.74 Å². The van der Waals surface area contributed by atoms with Gasteiger partial charge in [-0.05, 0) is 25.2 Å². The Hall–Kier alpha value is -1.27. The van der Waals surface area contributed by atoms with Gasteiger partial charge in [-0.3, -0.25) is 9.59 Å². The quantitative estimate of drug-likeness (QED) is 0.749. The molecule has 0 saturated carbocycles. The molecule has 7 heteroatoms. The second-order valence-corrected chi connectivity index (χ2v) is 6.56. The van der Waals surface area contributed by atoms with Gasteiger partial charge in [0.1, 0.15) is 11.5 Å². The van der Waals surface area contributed by atoms with E-state index >= 15 is 0 Å². The van der Waals surface area contributed by atoms with Crippen LogP contribution in [0.15, 0.2) is 0 Å². The van der Waals surface area contributed by atoms with Crippen molar-refractivity contribution in [2.75, 3.05) is 0 Å². The Labute approximate surface area is 121 Å². The summed E-state index contributed by atoms with van der Waals surface area (Å²) in [6.07, 6.45) is -6.38. The number of alkyl halides is 3. The molecule has 2 aliphatic heterocycles. The van der Waals surface area contributed by atoms with E-state index in [1.54, 1.807) is 13.8 Å². The Morgan fingerprint density at radius 3 is 2.14 bits per heavy atom. The normalized spacial score (nSPS) is 37.4. The average Bonchev–Trinajstić information content (AvgIpc) is 2.21. The molecule has 0 aliphatic carbocycles. The fourth-order valence-corrected chi connectivity index (χ4v) is 3.59. The first kappa shape index (κ1) is 16.1. The number of cyclic esters (lactones) is 2. The number of rotatable bonds is 4. The van der Waals surface area contributed by atoms with Crippen molar-refractivity contribution in [2.24, 2.45) is 23.7 Å². The minimum absolute atomic E-state index is 0.0372. The van der Waals surface area contributed by atoms with Crippen molar-refractivity contribution < 1.29 is 32.2 Å². The predicted molar refractivity (Wildman–Crippen MR) is 66.0 cm³/mol. The molecular weight excluding hydrogens is 289 g/mol. The molecule has 0 amide bonds. The van der Waals surface area contributed by atoms with Crippen LogP contribution < -0.4 is 0 Å². The first-order chi connectivity index (χ1) is 9.47. The molecule has 0 aromatic carbocycles. The van der Waals surface area contributed by atoms with E-state index in [0.29, 0.717) is 0 Å². The lowest BCUT2D eigenvalue weighted by molar-refractivity contribution is -0.278. The molecule has 120 valence electrons. The Bertz CT molecular complexity index is 460. The Morgan fingerprint density at radius 2 is 1.76 bits per heavy atom. The molecule has 2 heterocycles. The Balaban J connectivity index is 2.06. The highest BCUT2D eigenvalue weighted by Gasteiger charge is 2.62. The first-order valence-electron chi connectivity index (χ1n) is 6.97. The molecule has 0 aromatic rings. The molecule has 0 bridgehead atoms. The predicted octanol–water partition coefficient (Wildman–Crippen LogP) is 2.70. The number of ether oxygens (including phenoxy) is 2. The summed E-state index contributed by atoms with van der Waals surface area (Å²) in [6, 6.07) is 0. The summed E-state index contributed by atoms with van der Waals surface area (Å²) >= 11 is 0. The topological polar surface area (TPSA) is 52.6 Å². The average molecular weight is 308 g/mol. The lowest BCUT2D eigenvalue weighted by Gasteiger charge is -2.50. The number of esters is 2. The van der Waals surface area contributed by atoms with Gasteiger partial charge in [-0.1, -0.05) is 20.8 Å². The molecule has 2 rings (SSSR count). The van der Waals surface area contributed by atoms with Gasteiger partial charge in [0.05, 0.1) is 5.92 Å². The van der Waals surface area contributed by atoms with Gasteiger partial charge in [-0.2, -0.15) is 13.2 Å². The second kappa shape index (κ2) is 4.88. The number of carbonyl (C=O) groups is 2. The maximum atomic E-state index is 12.7. The minimum atomic E-state index is -4.55. The molecule has 2 unspecified atom stereocenters. The van der Waals surface area contributed by atoms with Gasteiger partial charge in [-0.25, -0.2) is 0 Å². The zero-order chi connectivity index (χ0) is 16.2. The second-order valence-electron chi connectivity index (χ2n) is 6.56. The molecule has 0 aromatic heterocycles. The fraction of sp³-hybridized carbons (Fsp3) is 0.857. The molecule has 0 radical (unpaired) electrons. The van der Waals surface area contributed by atoms with Crippen molar-refractivity contribution in [3.63, 3.8) is 0 Å². The summed E-state index contributed by atoms with van der Waals surface area (Å²) in [5, 5.41) is 0. The largest absolute Gasteiger partial charge is 0.458 e. The monoisotopic (exact) mass is 308 g/mol. The van der Waals surface area contributed by atoms with Crippen LogP contribution in [0.3, 0.4) is 0 Å². The van der Waals surface area contributed by atoms with Crippen LogP contribution in [0.2, 0.25) is 0 Å². The molecule has 0 N–H and O–H groups in total. The first-order valence-corrected chi connectivity index (χ1v) is 6.97. The maximum Gasteiger partial charge on any atom is 0.426 e. The summed E-state index contributed by atoms with van der Waals surface area (Å²) in [7, 11) is 0. The summed E-state index contributed by atoms with van der Waals surface area (Å²) in [4.78, 5) is 22.9. The van der Waals surface area contributed by atoms with Crippen LogP contribution >= 0.6 is 0 Å². The van der Waals surface area contributed by atoms with E-state index in [9.17, 15) is 22.8 Å². The van der Waals surface area contributed by atoms with Crippen LogP contribution in [0.1, 0.15) is 34.1 Å². The molecule has 5 atom stereocenters. The van der Waals surface area contributed by atoms with E-state index < -0.39 is 35.7 Å². The summed E-state index contributed by atoms with van der Waals surface area (Å²) in [6.45, 7) is 7.01. The molecule has 2 fully saturated rings. The standard InChI is InChI=1S/C14H19F3O4/c1-6(2)9-12(19)21-13(9,4)5-7(3)8-10(14(15,16)17)20-11(8)18/h6-10H,5H2,1-4H3/t7?,8-,9+,10-,13?/m0/s1. The number of hydrogen-bond acceptors (Lipinski definition) is 4. The highest BCUT2D eigenvalue weighted by molar-refractivity contribution is 5.81. The van der Waals surface area contributed by atoms with Gasteiger partial charge in [0.2, 0.25) is 6.10 Å². The van der Waals surface area contributed by atoms with Gasteiger partial charge in [0.15, 0.2) is 0 Å². The van der Waals surface area contributed by atoms with E-state index in [-0.39, 0.29) is 24.2 Å². The van der Waals surface area contributed by atoms with Crippen molar-refractivity contribution in [3.8, 4) is 0 Å². The number of carbonyl (C=O) groups excluding carboxylic acids is 2. The Kier molecular flexibility index (Phi) is 3.74. The summed E-state index contributed by atoms with van der Waals surface area (Å²) < 4.78 is 47.6. The van der Waals surface area contributed by atoms with E-state index in [1.165, 1.54) is 0 Å². The van der Waals surface area contributed by atoms with Crippen molar-refractivity contribution >= 4 is 11.9 Å². The zero-order valence-corrected chi connectivity index (χ0v) is 12.4. The lowest BCUT2D eigenvalue weighted by atomic mass is 9.68. The summed E-state index contributed by atoms with van der Waals surface area (Å²) in [5.74, 6) is -3.26. The van der Waals surface area contributed by atoms with Gasteiger partial charge in [0.25, 0.3) is 0 Å². The van der Waals surface area contributed by atoms with E-state index in [0.717, 1.165) is 0 Å². The van der Waals surface area contributed by atoms with Crippen molar-refractivity contribution in [1.29, 1.82) is 0 Å². The van der Waals surface area contributed by atoms with Crippen LogP contribution in [-0.2, 0) is 19.1 Å². The molecule has 2 aliphatic rings. The molecule has 4 nitrogen and oxygen atoms in total. The number of halogens is 3. The van der Waals surface area contributed by atoms with Gasteiger partial charge >= 0.3 is 18.1 Å². The van der Waals surface area contributed by atoms with Crippen LogP contribution in [-0.4, -0.2) is 29.8 Å². The van der Waals surface area contributed by atoms with Gasteiger partial charge in [0, 0.05) is 0 Å². The SMILES string of the molecule is CC(CC1(C)OC(=O)[C@H]1C(C)C)[C@@H]1C(=O)O[C@@H]1C(F)(F)F. The molecule has 2 saturated heterocycles. The van der Waals surface area contributed by atoms with Crippen LogP contribution in [0.25, 0.3) is 0 Å². The third-order valence-corrected chi connectivity index (χ3v) is 4.42. The molecule has 0 spiro atoms. The molecule has 21 heavy (non-hydrogen) atoms. The van der Waals surface area contributed by atoms with Gasteiger partial charge < -0.3 is 9.47 Å². The highest BCUT2D eigenvalue weighted by Crippen LogP contribution is 2.48. The third-order valence-electron chi connectivity index (χ3n) is 4.42. The maximum absolute atomic E-state index is 12.7.